The van der Waals surface area contributed by atoms with E-state index in [1.807, 2.05) is 18.2 Å². The first-order valence-electron chi connectivity index (χ1n) is 8.64. The first kappa shape index (κ1) is 16.9. The van der Waals surface area contributed by atoms with Crippen LogP contribution in [0.4, 0.5) is 0 Å². The van der Waals surface area contributed by atoms with E-state index in [2.05, 4.69) is 31.6 Å². The molecular weight excluding hydrogens is 348 g/mol. The predicted octanol–water partition coefficient (Wildman–Crippen LogP) is 2.16. The Kier molecular flexibility index (Phi) is 4.57. The van der Waals surface area contributed by atoms with Crippen LogP contribution in [0, 0.1) is 0 Å². The Balaban J connectivity index is 1.52. The molecule has 26 heavy (non-hydrogen) atoms. The molecular formula is C19H20N4O2S. The number of nitrogens with one attached hydrogen (secondary N) is 1. The average Bonchev–Trinajstić information content (AvgIpc) is 3.05. The van der Waals surface area contributed by atoms with E-state index in [4.69, 9.17) is 0 Å². The topological polar surface area (TPSA) is 76.9 Å². The van der Waals surface area contributed by atoms with Crippen molar-refractivity contribution in [3.8, 4) is 0 Å². The Morgan fingerprint density at radius 3 is 2.42 bits per heavy atom. The van der Waals surface area contributed by atoms with Gasteiger partial charge in [-0.1, -0.05) is 48.5 Å². The quantitative estimate of drug-likeness (QED) is 0.749. The van der Waals surface area contributed by atoms with Crippen molar-refractivity contribution in [1.82, 2.24) is 19.5 Å². The Labute approximate surface area is 153 Å². The van der Waals surface area contributed by atoms with Crippen LogP contribution >= 0.6 is 0 Å². The number of aromatic nitrogens is 3. The number of benzene rings is 2. The summed E-state index contributed by atoms with van der Waals surface area (Å²) in [4.78, 5) is 0.291. The SMILES string of the molecule is O=S(=O)(N[C@H]1CCc2nnc(Cc3ccccc3)n2C1)c1ccccc1. The van der Waals surface area contributed by atoms with Gasteiger partial charge in [-0.3, -0.25) is 0 Å². The molecule has 1 N–H and O–H groups in total. The van der Waals surface area contributed by atoms with Crippen LogP contribution in [0.25, 0.3) is 0 Å². The first-order valence-corrected chi connectivity index (χ1v) is 10.1. The molecule has 0 unspecified atom stereocenters. The number of nitrogens with zero attached hydrogens (tertiary/aromatic N) is 3. The highest BCUT2D eigenvalue weighted by molar-refractivity contribution is 7.89. The van der Waals surface area contributed by atoms with Crippen molar-refractivity contribution in [2.45, 2.75) is 36.7 Å². The smallest absolute Gasteiger partial charge is 0.240 e. The molecule has 0 radical (unpaired) electrons. The Bertz CT molecular complexity index is 985. The summed E-state index contributed by atoms with van der Waals surface area (Å²) in [5.74, 6) is 1.79. The molecule has 2 heterocycles. The minimum atomic E-state index is -3.52. The third kappa shape index (κ3) is 3.54. The minimum Gasteiger partial charge on any atom is -0.313 e. The number of hydrogen-bond acceptors (Lipinski definition) is 4. The predicted molar refractivity (Wildman–Crippen MR) is 98.1 cm³/mol. The number of rotatable bonds is 5. The van der Waals surface area contributed by atoms with E-state index in [0.717, 1.165) is 23.6 Å². The molecule has 3 aromatic rings. The van der Waals surface area contributed by atoms with Crippen molar-refractivity contribution < 1.29 is 8.42 Å². The molecule has 0 saturated carbocycles. The number of sulfonamides is 1. The van der Waals surface area contributed by atoms with Gasteiger partial charge in [0.2, 0.25) is 10.0 Å². The molecule has 1 aromatic heterocycles. The van der Waals surface area contributed by atoms with Gasteiger partial charge in [0.05, 0.1) is 4.90 Å². The molecule has 0 fully saturated rings. The van der Waals surface area contributed by atoms with Crippen molar-refractivity contribution >= 4 is 10.0 Å². The monoisotopic (exact) mass is 368 g/mol. The van der Waals surface area contributed by atoms with E-state index in [0.29, 0.717) is 24.3 Å². The summed E-state index contributed by atoms with van der Waals surface area (Å²) < 4.78 is 30.0. The van der Waals surface area contributed by atoms with Crippen LogP contribution in [0.3, 0.4) is 0 Å². The van der Waals surface area contributed by atoms with Crippen molar-refractivity contribution in [2.75, 3.05) is 0 Å². The fourth-order valence-corrected chi connectivity index (χ4v) is 4.56. The van der Waals surface area contributed by atoms with Gasteiger partial charge in [0, 0.05) is 25.4 Å². The largest absolute Gasteiger partial charge is 0.313 e. The summed E-state index contributed by atoms with van der Waals surface area (Å²) in [5, 5.41) is 8.60. The molecule has 0 spiro atoms. The molecule has 6 nitrogen and oxygen atoms in total. The highest BCUT2D eigenvalue weighted by atomic mass is 32.2. The zero-order valence-corrected chi connectivity index (χ0v) is 15.1. The van der Waals surface area contributed by atoms with Crippen LogP contribution in [0.1, 0.15) is 23.6 Å². The summed E-state index contributed by atoms with van der Waals surface area (Å²) in [6, 6.07) is 18.4. The second-order valence-corrected chi connectivity index (χ2v) is 8.19. The van der Waals surface area contributed by atoms with Crippen molar-refractivity contribution in [3.63, 3.8) is 0 Å². The molecule has 1 aliphatic rings. The van der Waals surface area contributed by atoms with Crippen LogP contribution in [0.5, 0.6) is 0 Å². The number of aryl methyl sites for hydroxylation is 1. The van der Waals surface area contributed by atoms with Crippen molar-refractivity contribution in [2.24, 2.45) is 0 Å². The highest BCUT2D eigenvalue weighted by Gasteiger charge is 2.26. The maximum Gasteiger partial charge on any atom is 0.240 e. The van der Waals surface area contributed by atoms with Gasteiger partial charge >= 0.3 is 0 Å². The van der Waals surface area contributed by atoms with E-state index in [-0.39, 0.29) is 6.04 Å². The molecule has 1 aliphatic heterocycles. The average molecular weight is 368 g/mol. The molecule has 134 valence electrons. The molecule has 0 aliphatic carbocycles. The van der Waals surface area contributed by atoms with Crippen molar-refractivity contribution in [3.05, 3.63) is 77.9 Å². The van der Waals surface area contributed by atoms with Crippen molar-refractivity contribution in [1.29, 1.82) is 0 Å². The zero-order valence-electron chi connectivity index (χ0n) is 14.2. The third-order valence-electron chi connectivity index (χ3n) is 4.60. The lowest BCUT2D eigenvalue weighted by molar-refractivity contribution is 0.414. The summed E-state index contributed by atoms with van der Waals surface area (Å²) in [7, 11) is -3.52. The fraction of sp³-hybridized carbons (Fsp3) is 0.263. The maximum atomic E-state index is 12.6. The lowest BCUT2D eigenvalue weighted by atomic mass is 10.1. The summed E-state index contributed by atoms with van der Waals surface area (Å²) in [6.45, 7) is 0.552. The first-order chi connectivity index (χ1) is 12.6. The third-order valence-corrected chi connectivity index (χ3v) is 6.14. The van der Waals surface area contributed by atoms with Crippen LogP contribution in [0.2, 0.25) is 0 Å². The van der Waals surface area contributed by atoms with Crippen LogP contribution in [-0.4, -0.2) is 29.2 Å². The molecule has 0 bridgehead atoms. The molecule has 7 heteroatoms. The Morgan fingerprint density at radius 1 is 1.00 bits per heavy atom. The second kappa shape index (κ2) is 7.01. The molecule has 2 aromatic carbocycles. The second-order valence-electron chi connectivity index (χ2n) is 6.48. The van der Waals surface area contributed by atoms with Gasteiger partial charge in [0.15, 0.2) is 0 Å². The van der Waals surface area contributed by atoms with Crippen LogP contribution in [0.15, 0.2) is 65.6 Å². The van der Waals surface area contributed by atoms with E-state index in [1.165, 1.54) is 0 Å². The molecule has 4 rings (SSSR count). The minimum absolute atomic E-state index is 0.168. The lowest BCUT2D eigenvalue weighted by Crippen LogP contribution is -2.41. The lowest BCUT2D eigenvalue weighted by Gasteiger charge is -2.25. The van der Waals surface area contributed by atoms with E-state index in [1.54, 1.807) is 30.3 Å². The Morgan fingerprint density at radius 2 is 1.69 bits per heavy atom. The normalized spacial score (nSPS) is 17.0. The highest BCUT2D eigenvalue weighted by Crippen LogP contribution is 2.19. The van der Waals surface area contributed by atoms with Gasteiger partial charge in [-0.15, -0.1) is 10.2 Å². The summed E-state index contributed by atoms with van der Waals surface area (Å²) >= 11 is 0. The van der Waals surface area contributed by atoms with Gasteiger partial charge in [0.1, 0.15) is 11.6 Å². The molecule has 0 saturated heterocycles. The standard InChI is InChI=1S/C19H20N4O2S/c24-26(25,17-9-5-2-6-10-17)22-16-11-12-18-20-21-19(23(18)14-16)13-15-7-3-1-4-8-15/h1-10,16,22H,11-14H2/t16-/m0/s1. The van der Waals surface area contributed by atoms with E-state index >= 15 is 0 Å². The van der Waals surface area contributed by atoms with Gasteiger partial charge in [-0.25, -0.2) is 13.1 Å². The van der Waals surface area contributed by atoms with E-state index in [9.17, 15) is 8.42 Å². The van der Waals surface area contributed by atoms with Crippen LogP contribution in [-0.2, 0) is 29.4 Å². The Hall–Kier alpha value is -2.51. The molecule has 1 atom stereocenters. The van der Waals surface area contributed by atoms with Gasteiger partial charge in [-0.2, -0.15) is 0 Å². The molecule has 0 amide bonds. The number of fused-ring (bicyclic) bond motifs is 1. The number of hydrogen-bond donors (Lipinski definition) is 1. The van der Waals surface area contributed by atoms with Gasteiger partial charge in [-0.05, 0) is 24.1 Å². The van der Waals surface area contributed by atoms with E-state index < -0.39 is 10.0 Å². The summed E-state index contributed by atoms with van der Waals surface area (Å²) in [5.41, 5.74) is 1.16. The van der Waals surface area contributed by atoms with Gasteiger partial charge < -0.3 is 4.57 Å². The van der Waals surface area contributed by atoms with Crippen LogP contribution < -0.4 is 4.72 Å². The maximum absolute atomic E-state index is 12.6. The van der Waals surface area contributed by atoms with Gasteiger partial charge in [0.25, 0.3) is 0 Å². The summed E-state index contributed by atoms with van der Waals surface area (Å²) in [6.07, 6.45) is 2.12. The fourth-order valence-electron chi connectivity index (χ4n) is 3.28. The zero-order chi connectivity index (χ0) is 18.0.